The Bertz CT molecular complexity index is 1160. The van der Waals surface area contributed by atoms with Crippen LogP contribution in [0.2, 0.25) is 5.02 Å². The summed E-state index contributed by atoms with van der Waals surface area (Å²) in [6, 6.07) is 14.6. The molecule has 1 aliphatic rings. The molecule has 0 aliphatic carbocycles. The van der Waals surface area contributed by atoms with Crippen LogP contribution in [0.15, 0.2) is 65.7 Å². The van der Waals surface area contributed by atoms with E-state index in [0.717, 1.165) is 4.90 Å². The molecule has 0 spiro atoms. The van der Waals surface area contributed by atoms with Crippen molar-refractivity contribution < 1.29 is 18.7 Å². The van der Waals surface area contributed by atoms with Crippen LogP contribution in [0, 0.1) is 5.82 Å². The van der Waals surface area contributed by atoms with Crippen molar-refractivity contribution in [1.82, 2.24) is 4.90 Å². The molecule has 0 bridgehead atoms. The minimum atomic E-state index is -0.529. The number of rotatable bonds is 6. The number of nitrogens with zero attached hydrogens (tertiary/aromatic N) is 1. The Hall–Kier alpha value is -3.16. The van der Waals surface area contributed by atoms with Gasteiger partial charge in [-0.1, -0.05) is 35.9 Å². The maximum absolute atomic E-state index is 14.1. The molecule has 1 aromatic heterocycles. The van der Waals surface area contributed by atoms with Crippen LogP contribution in [0.5, 0.6) is 5.75 Å². The minimum Gasteiger partial charge on any atom is -0.495 e. The van der Waals surface area contributed by atoms with Gasteiger partial charge in [-0.05, 0) is 35.7 Å². The van der Waals surface area contributed by atoms with Crippen molar-refractivity contribution in [2.75, 3.05) is 12.4 Å². The quantitative estimate of drug-likeness (QED) is 0.549. The Balaban J connectivity index is 1.71. The highest BCUT2D eigenvalue weighted by Gasteiger charge is 2.40. The highest BCUT2D eigenvalue weighted by atomic mass is 35.5. The number of hydrogen-bond acceptors (Lipinski definition) is 5. The number of methoxy groups -OCH3 is 1. The van der Waals surface area contributed by atoms with E-state index in [9.17, 15) is 14.0 Å². The number of nitrogens with one attached hydrogen (secondary N) is 1. The van der Waals surface area contributed by atoms with Crippen LogP contribution in [-0.4, -0.2) is 23.8 Å². The summed E-state index contributed by atoms with van der Waals surface area (Å²) in [5, 5.41) is 5.21. The van der Waals surface area contributed by atoms with Crippen LogP contribution in [0.25, 0.3) is 5.57 Å². The largest absolute Gasteiger partial charge is 0.495 e. The van der Waals surface area contributed by atoms with Gasteiger partial charge in [0.05, 0.1) is 24.3 Å². The van der Waals surface area contributed by atoms with Crippen LogP contribution < -0.4 is 10.1 Å². The molecule has 0 unspecified atom stereocenters. The summed E-state index contributed by atoms with van der Waals surface area (Å²) in [4.78, 5) is 28.0. The van der Waals surface area contributed by atoms with Gasteiger partial charge in [0.1, 0.15) is 17.3 Å². The Kier molecular flexibility index (Phi) is 5.57. The van der Waals surface area contributed by atoms with Crippen molar-refractivity contribution in [1.29, 1.82) is 0 Å². The van der Waals surface area contributed by atoms with Gasteiger partial charge in [-0.25, -0.2) is 4.39 Å². The average molecular weight is 443 g/mol. The van der Waals surface area contributed by atoms with Gasteiger partial charge in [0, 0.05) is 16.1 Å². The lowest BCUT2D eigenvalue weighted by molar-refractivity contribution is -0.137. The van der Waals surface area contributed by atoms with Gasteiger partial charge in [-0.15, -0.1) is 11.3 Å². The number of ether oxygens (including phenoxy) is 1. The summed E-state index contributed by atoms with van der Waals surface area (Å²) in [6.45, 7) is -0.159. The first-order valence-corrected chi connectivity index (χ1v) is 10.2. The van der Waals surface area contributed by atoms with Crippen molar-refractivity contribution in [3.8, 4) is 5.75 Å². The Morgan fingerprint density at radius 3 is 2.57 bits per heavy atom. The molecule has 1 N–H and O–H groups in total. The molecule has 3 aromatic rings. The van der Waals surface area contributed by atoms with Crippen LogP contribution in [0.4, 0.5) is 10.1 Å². The standard InChI is InChI=1S/C22H16ClFN2O3S/c1-29-17-9-8-14(11-15(17)23)25-20-19(18-7-4-10-30-18)21(27)26(22(20)28)12-13-5-2-3-6-16(13)24/h2-11,25H,12H2,1H3. The number of amides is 2. The molecular formula is C22H16ClFN2O3S. The van der Waals surface area contributed by atoms with Gasteiger partial charge in [-0.3, -0.25) is 14.5 Å². The Labute approximate surface area is 181 Å². The lowest BCUT2D eigenvalue weighted by Crippen LogP contribution is -2.32. The van der Waals surface area contributed by atoms with E-state index >= 15 is 0 Å². The van der Waals surface area contributed by atoms with Crippen LogP contribution in [-0.2, 0) is 16.1 Å². The van der Waals surface area contributed by atoms with E-state index in [4.69, 9.17) is 16.3 Å². The number of benzene rings is 2. The second-order valence-electron chi connectivity index (χ2n) is 6.49. The fraction of sp³-hybridized carbons (Fsp3) is 0.0909. The van der Waals surface area contributed by atoms with Gasteiger partial charge in [0.15, 0.2) is 0 Å². The molecule has 1 aliphatic heterocycles. The minimum absolute atomic E-state index is 0.125. The van der Waals surface area contributed by atoms with E-state index in [1.807, 2.05) is 5.38 Å². The van der Waals surface area contributed by atoms with Crippen molar-refractivity contribution in [2.45, 2.75) is 6.54 Å². The molecule has 0 fully saturated rings. The SMILES string of the molecule is COc1ccc(NC2=C(c3cccs3)C(=O)N(Cc3ccccc3F)C2=O)cc1Cl. The lowest BCUT2D eigenvalue weighted by atomic mass is 10.1. The summed E-state index contributed by atoms with van der Waals surface area (Å²) >= 11 is 7.53. The fourth-order valence-corrected chi connectivity index (χ4v) is 4.20. The zero-order valence-electron chi connectivity index (χ0n) is 15.8. The van der Waals surface area contributed by atoms with Gasteiger partial charge in [-0.2, -0.15) is 0 Å². The lowest BCUT2D eigenvalue weighted by Gasteiger charge is -2.16. The molecule has 4 rings (SSSR count). The van der Waals surface area contributed by atoms with E-state index < -0.39 is 17.6 Å². The van der Waals surface area contributed by atoms with Gasteiger partial charge >= 0.3 is 0 Å². The molecule has 0 saturated heterocycles. The molecule has 0 saturated carbocycles. The van der Waals surface area contributed by atoms with E-state index in [0.29, 0.717) is 21.3 Å². The molecule has 0 radical (unpaired) electrons. The summed E-state index contributed by atoms with van der Waals surface area (Å²) in [7, 11) is 1.51. The van der Waals surface area contributed by atoms with E-state index in [1.165, 1.54) is 24.5 Å². The number of carbonyl (C=O) groups is 2. The second-order valence-corrected chi connectivity index (χ2v) is 7.84. The average Bonchev–Trinajstić information content (AvgIpc) is 3.33. The molecule has 2 heterocycles. The Morgan fingerprint density at radius 2 is 1.90 bits per heavy atom. The third-order valence-electron chi connectivity index (χ3n) is 4.64. The van der Waals surface area contributed by atoms with Crippen molar-refractivity contribution in [2.24, 2.45) is 0 Å². The zero-order valence-corrected chi connectivity index (χ0v) is 17.4. The number of imide groups is 1. The van der Waals surface area contributed by atoms with E-state index in [2.05, 4.69) is 5.32 Å². The molecule has 152 valence electrons. The second kappa shape index (κ2) is 8.30. The Morgan fingerprint density at radius 1 is 1.10 bits per heavy atom. The molecule has 5 nitrogen and oxygen atoms in total. The molecule has 0 atom stereocenters. The third kappa shape index (κ3) is 3.69. The van der Waals surface area contributed by atoms with E-state index in [1.54, 1.807) is 48.5 Å². The highest BCUT2D eigenvalue weighted by Crippen LogP contribution is 2.35. The van der Waals surface area contributed by atoms with Gasteiger partial charge in [0.25, 0.3) is 11.8 Å². The predicted octanol–water partition coefficient (Wildman–Crippen LogP) is 4.94. The van der Waals surface area contributed by atoms with Crippen molar-refractivity contribution in [3.05, 3.63) is 87.0 Å². The first-order valence-electron chi connectivity index (χ1n) is 8.98. The summed E-state index contributed by atoms with van der Waals surface area (Å²) in [5.41, 5.74) is 1.16. The first-order chi connectivity index (χ1) is 14.5. The highest BCUT2D eigenvalue weighted by molar-refractivity contribution is 7.11. The summed E-state index contributed by atoms with van der Waals surface area (Å²) in [5.74, 6) is -0.991. The maximum atomic E-state index is 14.1. The number of carbonyl (C=O) groups excluding carboxylic acids is 2. The van der Waals surface area contributed by atoms with Crippen LogP contribution >= 0.6 is 22.9 Å². The molecule has 30 heavy (non-hydrogen) atoms. The van der Waals surface area contributed by atoms with Gasteiger partial charge in [0.2, 0.25) is 0 Å². The maximum Gasteiger partial charge on any atom is 0.278 e. The number of halogens is 2. The monoisotopic (exact) mass is 442 g/mol. The first kappa shape index (κ1) is 20.1. The smallest absolute Gasteiger partial charge is 0.278 e. The predicted molar refractivity (Wildman–Crippen MR) is 115 cm³/mol. The van der Waals surface area contributed by atoms with Gasteiger partial charge < -0.3 is 10.1 Å². The molecular weight excluding hydrogens is 427 g/mol. The zero-order chi connectivity index (χ0) is 21.3. The van der Waals surface area contributed by atoms with E-state index in [-0.39, 0.29) is 23.4 Å². The molecule has 2 aromatic carbocycles. The van der Waals surface area contributed by atoms with Crippen LogP contribution in [0.3, 0.4) is 0 Å². The van der Waals surface area contributed by atoms with Crippen molar-refractivity contribution in [3.63, 3.8) is 0 Å². The topological polar surface area (TPSA) is 58.6 Å². The number of thiophene rings is 1. The molecule has 2 amide bonds. The fourth-order valence-electron chi connectivity index (χ4n) is 3.17. The summed E-state index contributed by atoms with van der Waals surface area (Å²) in [6.07, 6.45) is 0. The van der Waals surface area contributed by atoms with Crippen LogP contribution in [0.1, 0.15) is 10.4 Å². The van der Waals surface area contributed by atoms with Crippen molar-refractivity contribution >= 4 is 46.0 Å². The molecule has 8 heteroatoms. The summed E-state index contributed by atoms with van der Waals surface area (Å²) < 4.78 is 19.3. The number of anilines is 1. The normalized spacial score (nSPS) is 13.9. The number of hydrogen-bond donors (Lipinski definition) is 1. The third-order valence-corrected chi connectivity index (χ3v) is 5.83.